The van der Waals surface area contributed by atoms with Crippen LogP contribution < -0.4 is 5.73 Å². The fraction of sp³-hybridized carbons (Fsp3) is 0.647. The summed E-state index contributed by atoms with van der Waals surface area (Å²) in [6.07, 6.45) is 20.4. The van der Waals surface area contributed by atoms with Gasteiger partial charge >= 0.3 is 0 Å². The van der Waals surface area contributed by atoms with Gasteiger partial charge in [-0.15, -0.1) is 0 Å². The predicted molar refractivity (Wildman–Crippen MR) is 163 cm³/mol. The molecule has 2 unspecified atom stereocenters. The molecular weight excluding hydrogens is 468 g/mol. The quantitative estimate of drug-likeness (QED) is 0.194. The third kappa shape index (κ3) is 12.9. The molecule has 2 atom stereocenters. The molecule has 2 aliphatic rings. The van der Waals surface area contributed by atoms with Crippen LogP contribution in [0.3, 0.4) is 0 Å². The lowest BCUT2D eigenvalue weighted by atomic mass is 9.80. The predicted octanol–water partition coefficient (Wildman–Crippen LogP) is 7.61. The summed E-state index contributed by atoms with van der Waals surface area (Å²) in [5.74, 6) is 1.99. The highest BCUT2D eigenvalue weighted by Gasteiger charge is 2.20. The zero-order chi connectivity index (χ0) is 27.6. The van der Waals surface area contributed by atoms with Crippen LogP contribution in [-0.2, 0) is 4.74 Å². The lowest BCUT2D eigenvalue weighted by Gasteiger charge is -2.28. The largest absolute Gasteiger partial charge is 0.400 e. The normalized spacial score (nSPS) is 22.8. The molecule has 0 bridgehead atoms. The van der Waals surface area contributed by atoms with Gasteiger partial charge in [-0.25, -0.2) is 0 Å². The maximum Gasteiger partial charge on any atom is 0.0990 e. The Labute approximate surface area is 234 Å². The summed E-state index contributed by atoms with van der Waals surface area (Å²) in [5, 5.41) is 7.00. The van der Waals surface area contributed by atoms with E-state index in [-0.39, 0.29) is 0 Å². The monoisotopic (exact) mass is 524 g/mol. The van der Waals surface area contributed by atoms with E-state index in [9.17, 15) is 0 Å². The maximum absolute atomic E-state index is 7.00. The van der Waals surface area contributed by atoms with Gasteiger partial charge in [0.25, 0.3) is 0 Å². The molecule has 4 heteroatoms. The molecule has 0 aromatic heterocycles. The van der Waals surface area contributed by atoms with Crippen LogP contribution in [0.5, 0.6) is 0 Å². The number of aliphatic hydroxyl groups is 1. The van der Waals surface area contributed by atoms with E-state index in [4.69, 9.17) is 15.6 Å². The van der Waals surface area contributed by atoms with E-state index >= 15 is 0 Å². The van der Waals surface area contributed by atoms with Crippen molar-refractivity contribution in [1.82, 2.24) is 4.90 Å². The summed E-state index contributed by atoms with van der Waals surface area (Å²) in [7, 11) is 1.00. The van der Waals surface area contributed by atoms with E-state index in [2.05, 4.69) is 67.8 Å². The van der Waals surface area contributed by atoms with Crippen molar-refractivity contribution in [2.24, 2.45) is 17.6 Å². The maximum atomic E-state index is 7.00. The van der Waals surface area contributed by atoms with Gasteiger partial charge in [-0.1, -0.05) is 79.6 Å². The molecule has 1 saturated carbocycles. The molecule has 0 amide bonds. The molecule has 214 valence electrons. The number of ether oxygens (including phenoxy) is 1. The molecule has 1 aliphatic carbocycles. The van der Waals surface area contributed by atoms with Crippen LogP contribution in [0.2, 0.25) is 0 Å². The lowest BCUT2D eigenvalue weighted by Crippen LogP contribution is -2.32. The van der Waals surface area contributed by atoms with E-state index in [1.54, 1.807) is 0 Å². The van der Waals surface area contributed by atoms with Gasteiger partial charge in [0.05, 0.1) is 13.3 Å². The Bertz CT molecular complexity index is 805. The topological polar surface area (TPSA) is 58.7 Å². The number of hydrogen-bond donors (Lipinski definition) is 2. The first-order valence-corrected chi connectivity index (χ1v) is 15.1. The first-order valence-electron chi connectivity index (χ1n) is 15.1. The summed E-state index contributed by atoms with van der Waals surface area (Å²) in [6, 6.07) is 11.3. The van der Waals surface area contributed by atoms with Crippen molar-refractivity contribution in [2.45, 2.75) is 96.4 Å². The molecule has 1 heterocycles. The van der Waals surface area contributed by atoms with Gasteiger partial charge in [0.2, 0.25) is 0 Å². The smallest absolute Gasteiger partial charge is 0.0990 e. The second-order valence-corrected chi connectivity index (χ2v) is 11.6. The zero-order valence-corrected chi connectivity index (χ0v) is 24.6. The Kier molecular flexibility index (Phi) is 16.6. The summed E-state index contributed by atoms with van der Waals surface area (Å²) < 4.78 is 6.24. The summed E-state index contributed by atoms with van der Waals surface area (Å²) in [6.45, 7) is 12.7. The average molecular weight is 525 g/mol. The Balaban J connectivity index is 0.00000247. The molecule has 1 aliphatic heterocycles. The van der Waals surface area contributed by atoms with Gasteiger partial charge in [-0.3, -0.25) is 4.90 Å². The third-order valence-corrected chi connectivity index (χ3v) is 8.20. The number of rotatable bonds is 14. The number of nitrogens with zero attached hydrogens (tertiary/aromatic N) is 1. The van der Waals surface area contributed by atoms with Crippen LogP contribution in [-0.4, -0.2) is 49.6 Å². The number of aliphatic hydroxyl groups excluding tert-OH is 1. The molecule has 0 spiro atoms. The van der Waals surface area contributed by atoms with Crippen LogP contribution >= 0.6 is 0 Å². The number of nitrogens with two attached hydrogens (primary N) is 1. The summed E-state index contributed by atoms with van der Waals surface area (Å²) in [4.78, 5) is 2.45. The summed E-state index contributed by atoms with van der Waals surface area (Å²) in [5.41, 5.74) is 10.3. The molecule has 0 radical (unpaired) electrons. The van der Waals surface area contributed by atoms with Gasteiger partial charge in [-0.05, 0) is 88.5 Å². The first-order chi connectivity index (χ1) is 18.5. The Hall–Kier alpha value is -1.72. The van der Waals surface area contributed by atoms with Crippen molar-refractivity contribution in [1.29, 1.82) is 0 Å². The van der Waals surface area contributed by atoms with Crippen LogP contribution in [0.4, 0.5) is 0 Å². The highest BCUT2D eigenvalue weighted by molar-refractivity contribution is 5.26. The summed E-state index contributed by atoms with van der Waals surface area (Å²) >= 11 is 0. The minimum absolute atomic E-state index is 0.356. The molecular formula is C34H56N2O2. The van der Waals surface area contributed by atoms with Gasteiger partial charge in [0.1, 0.15) is 0 Å². The van der Waals surface area contributed by atoms with Gasteiger partial charge < -0.3 is 15.6 Å². The van der Waals surface area contributed by atoms with Crippen molar-refractivity contribution in [3.63, 3.8) is 0 Å². The van der Waals surface area contributed by atoms with Crippen LogP contribution in [0.25, 0.3) is 0 Å². The molecule has 4 nitrogen and oxygen atoms in total. The average Bonchev–Trinajstić information content (AvgIpc) is 2.95. The minimum Gasteiger partial charge on any atom is -0.400 e. The standard InChI is InChI=1S/C33H52N2O.CH4O/c1-4-29(13-11-12-27(2)22-28(3)23-30-16-18-33(34)19-17-30)24-32(31-14-7-5-8-15-31)25-36-26-35-20-9-6-10-21-35;1-2/h4-5,7-8,12-15,28,30,32-33H,1,6,9-11,16-26,34H2,2-3H3;2H,1H3/b27-12-,29-13+;. The van der Waals surface area contributed by atoms with E-state index in [0.29, 0.717) is 12.0 Å². The number of piperidine rings is 1. The fourth-order valence-corrected chi connectivity index (χ4v) is 6.07. The van der Waals surface area contributed by atoms with E-state index in [1.807, 2.05) is 6.08 Å². The van der Waals surface area contributed by atoms with Crippen molar-refractivity contribution in [2.75, 3.05) is 33.5 Å². The van der Waals surface area contributed by atoms with Crippen LogP contribution in [0, 0.1) is 11.8 Å². The number of likely N-dealkylation sites (tertiary alicyclic amines) is 1. The second-order valence-electron chi connectivity index (χ2n) is 11.6. The van der Waals surface area contributed by atoms with Crippen molar-refractivity contribution >= 4 is 0 Å². The molecule has 38 heavy (non-hydrogen) atoms. The van der Waals surface area contributed by atoms with Gasteiger partial charge in [0, 0.05) is 32.2 Å². The Morgan fingerprint density at radius 1 is 1.05 bits per heavy atom. The third-order valence-electron chi connectivity index (χ3n) is 8.20. The fourth-order valence-electron chi connectivity index (χ4n) is 6.07. The van der Waals surface area contributed by atoms with E-state index < -0.39 is 0 Å². The molecule has 1 saturated heterocycles. The lowest BCUT2D eigenvalue weighted by molar-refractivity contribution is 0.0125. The van der Waals surface area contributed by atoms with Crippen LogP contribution in [0.15, 0.2) is 66.3 Å². The van der Waals surface area contributed by atoms with Crippen molar-refractivity contribution < 1.29 is 9.84 Å². The van der Waals surface area contributed by atoms with Crippen molar-refractivity contribution in [3.05, 3.63) is 71.8 Å². The first kappa shape index (κ1) is 32.5. The number of allylic oxidation sites excluding steroid dienone is 5. The van der Waals surface area contributed by atoms with Crippen LogP contribution in [0.1, 0.15) is 96.0 Å². The SMILES string of the molecule is C=C/C(=C\C/C=C(/C)CC(C)CC1CCC(N)CC1)CC(COCN1CCCCC1)c1ccccc1.CO. The Morgan fingerprint density at radius 3 is 2.39 bits per heavy atom. The molecule has 3 N–H and O–H groups in total. The molecule has 2 fully saturated rings. The van der Waals surface area contributed by atoms with Gasteiger partial charge in [-0.2, -0.15) is 0 Å². The highest BCUT2D eigenvalue weighted by atomic mass is 16.5. The molecule has 3 rings (SSSR count). The molecule has 1 aromatic carbocycles. The Morgan fingerprint density at radius 2 is 1.74 bits per heavy atom. The number of benzene rings is 1. The highest BCUT2D eigenvalue weighted by Crippen LogP contribution is 2.31. The van der Waals surface area contributed by atoms with E-state index in [0.717, 1.165) is 45.1 Å². The molecule has 1 aromatic rings. The van der Waals surface area contributed by atoms with Crippen molar-refractivity contribution in [3.8, 4) is 0 Å². The van der Waals surface area contributed by atoms with Gasteiger partial charge in [0.15, 0.2) is 0 Å². The minimum atomic E-state index is 0.356. The van der Waals surface area contributed by atoms with E-state index in [1.165, 1.54) is 87.6 Å². The number of hydrogen-bond acceptors (Lipinski definition) is 4. The second kappa shape index (κ2) is 19.4. The zero-order valence-electron chi connectivity index (χ0n) is 24.6.